The number of aromatic carboxylic acids is 1. The van der Waals surface area contributed by atoms with Crippen LogP contribution in [0.2, 0.25) is 0 Å². The Balaban J connectivity index is 1.43. The standard InChI is InChI=1S/C25H24N2O8S/c1-33-20-12-16(5-6-19(20)35-15-17-3-2-4-18(11-17)24(30)31)13-21-23(29)27(25(32)36-21)14-22(28)26-7-9-34-10-8-26/h2-6,11-13H,7-10,14-15H2,1H3,(H,30,31)/b21-13+. The molecule has 36 heavy (non-hydrogen) atoms. The molecule has 11 heteroatoms. The highest BCUT2D eigenvalue weighted by molar-refractivity contribution is 8.18. The molecule has 10 nitrogen and oxygen atoms in total. The van der Waals surface area contributed by atoms with E-state index in [2.05, 4.69) is 0 Å². The van der Waals surface area contributed by atoms with E-state index in [-0.39, 0.29) is 29.5 Å². The monoisotopic (exact) mass is 512 g/mol. The van der Waals surface area contributed by atoms with Crippen molar-refractivity contribution in [1.29, 1.82) is 0 Å². The zero-order chi connectivity index (χ0) is 25.7. The third-order valence-corrected chi connectivity index (χ3v) is 6.49. The van der Waals surface area contributed by atoms with Gasteiger partial charge in [-0.05, 0) is 53.2 Å². The average molecular weight is 513 g/mol. The van der Waals surface area contributed by atoms with Gasteiger partial charge >= 0.3 is 5.97 Å². The van der Waals surface area contributed by atoms with Gasteiger partial charge in [0.1, 0.15) is 13.2 Å². The topological polar surface area (TPSA) is 123 Å². The van der Waals surface area contributed by atoms with E-state index >= 15 is 0 Å². The number of carbonyl (C=O) groups excluding carboxylic acids is 3. The van der Waals surface area contributed by atoms with Crippen LogP contribution in [0.3, 0.4) is 0 Å². The predicted molar refractivity (Wildman–Crippen MR) is 131 cm³/mol. The summed E-state index contributed by atoms with van der Waals surface area (Å²) in [5.41, 5.74) is 1.46. The van der Waals surface area contributed by atoms with E-state index in [1.807, 2.05) is 0 Å². The summed E-state index contributed by atoms with van der Waals surface area (Å²) in [4.78, 5) is 51.6. The molecule has 188 valence electrons. The second-order valence-corrected chi connectivity index (χ2v) is 8.96. The Morgan fingerprint density at radius 2 is 1.89 bits per heavy atom. The maximum atomic E-state index is 12.8. The molecule has 0 unspecified atom stereocenters. The second-order valence-electron chi connectivity index (χ2n) is 7.97. The molecule has 2 aliphatic rings. The fourth-order valence-electron chi connectivity index (χ4n) is 3.68. The Bertz CT molecular complexity index is 1220. The Morgan fingerprint density at radius 1 is 1.11 bits per heavy atom. The lowest BCUT2D eigenvalue weighted by Gasteiger charge is -2.28. The first-order chi connectivity index (χ1) is 17.4. The van der Waals surface area contributed by atoms with Crippen LogP contribution in [0.1, 0.15) is 21.5 Å². The van der Waals surface area contributed by atoms with Gasteiger partial charge in [-0.25, -0.2) is 4.79 Å². The smallest absolute Gasteiger partial charge is 0.335 e. The number of benzene rings is 2. The normalized spacial score (nSPS) is 17.0. The van der Waals surface area contributed by atoms with Crippen molar-refractivity contribution in [3.63, 3.8) is 0 Å². The van der Waals surface area contributed by atoms with Crippen molar-refractivity contribution in [3.05, 3.63) is 64.1 Å². The Morgan fingerprint density at radius 3 is 2.61 bits per heavy atom. The molecule has 4 rings (SSSR count). The molecule has 0 saturated carbocycles. The summed E-state index contributed by atoms with van der Waals surface area (Å²) in [5.74, 6) is -1.00. The maximum Gasteiger partial charge on any atom is 0.335 e. The number of carboxylic acid groups (broad SMARTS) is 1. The molecule has 2 aromatic rings. The zero-order valence-corrected chi connectivity index (χ0v) is 20.3. The number of hydrogen-bond acceptors (Lipinski definition) is 8. The third kappa shape index (κ3) is 5.86. The van der Waals surface area contributed by atoms with Crippen molar-refractivity contribution in [2.24, 2.45) is 0 Å². The Kier molecular flexibility index (Phi) is 7.91. The van der Waals surface area contributed by atoms with Gasteiger partial charge in [0.15, 0.2) is 11.5 Å². The average Bonchev–Trinajstić information content (AvgIpc) is 3.15. The summed E-state index contributed by atoms with van der Waals surface area (Å²) in [6, 6.07) is 11.5. The fourth-order valence-corrected chi connectivity index (χ4v) is 4.52. The number of carboxylic acids is 1. The van der Waals surface area contributed by atoms with Gasteiger partial charge in [0.25, 0.3) is 11.1 Å². The molecule has 1 N–H and O–H groups in total. The van der Waals surface area contributed by atoms with Crippen molar-refractivity contribution in [1.82, 2.24) is 9.80 Å². The highest BCUT2D eigenvalue weighted by Gasteiger charge is 2.37. The lowest BCUT2D eigenvalue weighted by Crippen LogP contribution is -2.46. The highest BCUT2D eigenvalue weighted by atomic mass is 32.2. The van der Waals surface area contributed by atoms with Crippen LogP contribution < -0.4 is 9.47 Å². The molecule has 0 bridgehead atoms. The SMILES string of the molecule is COc1cc(/C=C2/SC(=O)N(CC(=O)N3CCOCC3)C2=O)ccc1OCc1cccc(C(=O)O)c1. The lowest BCUT2D eigenvalue weighted by atomic mass is 10.1. The van der Waals surface area contributed by atoms with Gasteiger partial charge in [-0.2, -0.15) is 0 Å². The largest absolute Gasteiger partial charge is 0.493 e. The lowest BCUT2D eigenvalue weighted by molar-refractivity contribution is -0.139. The third-order valence-electron chi connectivity index (χ3n) is 5.58. The van der Waals surface area contributed by atoms with Gasteiger partial charge in [0, 0.05) is 13.1 Å². The van der Waals surface area contributed by atoms with Crippen LogP contribution in [-0.4, -0.2) is 77.9 Å². The number of thioether (sulfide) groups is 1. The minimum Gasteiger partial charge on any atom is -0.493 e. The number of amides is 3. The number of hydrogen-bond donors (Lipinski definition) is 1. The minimum atomic E-state index is -1.02. The molecule has 0 aliphatic carbocycles. The predicted octanol–water partition coefficient (Wildman–Crippen LogP) is 2.87. The first kappa shape index (κ1) is 25.3. The summed E-state index contributed by atoms with van der Waals surface area (Å²) >= 11 is 0.777. The van der Waals surface area contributed by atoms with Gasteiger partial charge in [-0.1, -0.05) is 18.2 Å². The quantitative estimate of drug-likeness (QED) is 0.532. The van der Waals surface area contributed by atoms with Crippen LogP contribution in [0.4, 0.5) is 4.79 Å². The second kappa shape index (κ2) is 11.3. The van der Waals surface area contributed by atoms with Gasteiger partial charge < -0.3 is 24.2 Å². The van der Waals surface area contributed by atoms with Crippen LogP contribution >= 0.6 is 11.8 Å². The van der Waals surface area contributed by atoms with E-state index in [0.29, 0.717) is 48.9 Å². The van der Waals surface area contributed by atoms with Crippen LogP contribution in [0.25, 0.3) is 6.08 Å². The van der Waals surface area contributed by atoms with Crippen molar-refractivity contribution < 1.29 is 38.5 Å². The van der Waals surface area contributed by atoms with Crippen molar-refractivity contribution in [2.75, 3.05) is 40.0 Å². The van der Waals surface area contributed by atoms with Gasteiger partial charge in [0.2, 0.25) is 5.91 Å². The summed E-state index contributed by atoms with van der Waals surface area (Å²) in [7, 11) is 1.47. The number of ether oxygens (including phenoxy) is 3. The molecule has 2 heterocycles. The molecular formula is C25H24N2O8S. The first-order valence-electron chi connectivity index (χ1n) is 11.1. The van der Waals surface area contributed by atoms with Crippen LogP contribution in [0, 0.1) is 0 Å². The molecule has 3 amide bonds. The summed E-state index contributed by atoms with van der Waals surface area (Å²) in [6.45, 7) is 1.57. The molecule has 0 atom stereocenters. The van der Waals surface area contributed by atoms with Crippen molar-refractivity contribution >= 4 is 40.9 Å². The molecule has 2 aliphatic heterocycles. The zero-order valence-electron chi connectivity index (χ0n) is 19.5. The molecule has 0 radical (unpaired) electrons. The van der Waals surface area contributed by atoms with Crippen LogP contribution in [-0.2, 0) is 20.9 Å². The number of methoxy groups -OCH3 is 1. The molecule has 0 spiro atoms. The van der Waals surface area contributed by atoms with Gasteiger partial charge in [-0.15, -0.1) is 0 Å². The molecule has 2 aromatic carbocycles. The number of imide groups is 1. The van der Waals surface area contributed by atoms with Gasteiger partial charge in [-0.3, -0.25) is 19.3 Å². The van der Waals surface area contributed by atoms with E-state index in [0.717, 1.165) is 16.7 Å². The highest BCUT2D eigenvalue weighted by Crippen LogP contribution is 2.35. The first-order valence-corrected chi connectivity index (χ1v) is 11.9. The summed E-state index contributed by atoms with van der Waals surface area (Å²) in [6.07, 6.45) is 1.56. The van der Waals surface area contributed by atoms with Crippen LogP contribution in [0.15, 0.2) is 47.4 Å². The molecular weight excluding hydrogens is 488 g/mol. The van der Waals surface area contributed by atoms with E-state index in [1.165, 1.54) is 19.2 Å². The van der Waals surface area contributed by atoms with Crippen molar-refractivity contribution in [2.45, 2.75) is 6.61 Å². The molecule has 0 aromatic heterocycles. The van der Waals surface area contributed by atoms with E-state index in [1.54, 1.807) is 41.3 Å². The Hall–Kier alpha value is -3.83. The number of carbonyl (C=O) groups is 4. The number of nitrogens with zero attached hydrogens (tertiary/aromatic N) is 2. The van der Waals surface area contributed by atoms with Gasteiger partial charge in [0.05, 0.1) is 30.8 Å². The maximum absolute atomic E-state index is 12.8. The molecule has 2 saturated heterocycles. The number of rotatable bonds is 8. The fraction of sp³-hybridized carbons (Fsp3) is 0.280. The van der Waals surface area contributed by atoms with Crippen LogP contribution in [0.5, 0.6) is 11.5 Å². The van der Waals surface area contributed by atoms with E-state index in [4.69, 9.17) is 19.3 Å². The summed E-state index contributed by atoms with van der Waals surface area (Å²) < 4.78 is 16.4. The minimum absolute atomic E-state index is 0.132. The summed E-state index contributed by atoms with van der Waals surface area (Å²) in [5, 5.41) is 8.64. The molecule has 2 fully saturated rings. The Labute approximate surface area is 211 Å². The van der Waals surface area contributed by atoms with E-state index < -0.39 is 17.1 Å². The van der Waals surface area contributed by atoms with E-state index in [9.17, 15) is 19.2 Å². The van der Waals surface area contributed by atoms with Crippen molar-refractivity contribution in [3.8, 4) is 11.5 Å². The number of morpholine rings is 1.